The van der Waals surface area contributed by atoms with Crippen molar-refractivity contribution in [2.24, 2.45) is 0 Å². The van der Waals surface area contributed by atoms with Crippen LogP contribution in [0.1, 0.15) is 0 Å². The Labute approximate surface area is 85.4 Å². The molecule has 0 heterocycles. The zero-order valence-corrected chi connectivity index (χ0v) is 8.19. The molecule has 78 valence electrons. The topological polar surface area (TPSA) is 55.5 Å². The molecule has 0 aliphatic carbocycles. The van der Waals surface area contributed by atoms with E-state index in [1.165, 1.54) is 6.07 Å². The van der Waals surface area contributed by atoms with E-state index in [-0.39, 0.29) is 4.47 Å². The van der Waals surface area contributed by atoms with Gasteiger partial charge in [-0.25, -0.2) is 0 Å². The van der Waals surface area contributed by atoms with Crippen LogP contribution < -0.4 is 10.5 Å². The van der Waals surface area contributed by atoms with Crippen LogP contribution in [0.5, 0.6) is 11.5 Å². The van der Waals surface area contributed by atoms with E-state index in [9.17, 15) is 13.2 Å². The maximum atomic E-state index is 11.9. The van der Waals surface area contributed by atoms with Crippen molar-refractivity contribution in [1.82, 2.24) is 0 Å². The van der Waals surface area contributed by atoms with Crippen LogP contribution in [0, 0.1) is 0 Å². The molecule has 3 nitrogen and oxygen atoms in total. The lowest BCUT2D eigenvalue weighted by atomic mass is 10.3. The second-order valence-electron chi connectivity index (χ2n) is 2.36. The number of nitrogen functional groups attached to an aromatic ring is 1. The molecule has 0 bridgehead atoms. The number of phenolic OH excluding ortho intramolecular Hbond substituents is 1. The number of ether oxygens (including phenoxy) is 1. The van der Waals surface area contributed by atoms with Gasteiger partial charge in [0.2, 0.25) is 0 Å². The molecule has 0 amide bonds. The van der Waals surface area contributed by atoms with Gasteiger partial charge in [-0.05, 0) is 28.1 Å². The highest BCUT2D eigenvalue weighted by atomic mass is 79.9. The number of benzene rings is 1. The van der Waals surface area contributed by atoms with Crippen LogP contribution >= 0.6 is 15.9 Å². The fourth-order valence-electron chi connectivity index (χ4n) is 0.782. The lowest BCUT2D eigenvalue weighted by Gasteiger charge is -2.13. The molecular weight excluding hydrogens is 267 g/mol. The summed E-state index contributed by atoms with van der Waals surface area (Å²) in [5, 5.41) is 9.03. The lowest BCUT2D eigenvalue weighted by Crippen LogP contribution is -2.18. The smallest absolute Gasteiger partial charge is 0.506 e. The van der Waals surface area contributed by atoms with Crippen LogP contribution in [-0.4, -0.2) is 11.5 Å². The second kappa shape index (κ2) is 3.56. The highest BCUT2D eigenvalue weighted by Crippen LogP contribution is 2.40. The molecule has 1 aromatic carbocycles. The molecule has 1 rings (SSSR count). The van der Waals surface area contributed by atoms with Gasteiger partial charge in [0.25, 0.3) is 0 Å². The Morgan fingerprint density at radius 2 is 1.93 bits per heavy atom. The van der Waals surface area contributed by atoms with Gasteiger partial charge in [-0.3, -0.25) is 0 Å². The first kappa shape index (κ1) is 11.0. The molecule has 0 spiro atoms. The molecule has 0 saturated heterocycles. The van der Waals surface area contributed by atoms with Gasteiger partial charge in [-0.1, -0.05) is 0 Å². The second-order valence-corrected chi connectivity index (χ2v) is 3.21. The summed E-state index contributed by atoms with van der Waals surface area (Å²) in [6.07, 6.45) is -4.84. The number of hydrogen-bond acceptors (Lipinski definition) is 3. The molecule has 1 aromatic rings. The van der Waals surface area contributed by atoms with Crippen molar-refractivity contribution in [2.75, 3.05) is 5.73 Å². The summed E-state index contributed by atoms with van der Waals surface area (Å²) in [6.45, 7) is 0. The molecule has 0 unspecified atom stereocenters. The molecule has 7 heteroatoms. The van der Waals surface area contributed by atoms with Crippen LogP contribution in [-0.2, 0) is 0 Å². The van der Waals surface area contributed by atoms with Crippen molar-refractivity contribution >= 4 is 21.6 Å². The third-order valence-electron chi connectivity index (χ3n) is 1.34. The number of rotatable bonds is 1. The summed E-state index contributed by atoms with van der Waals surface area (Å²) in [5.74, 6) is -1.11. The number of phenols is 1. The lowest BCUT2D eigenvalue weighted by molar-refractivity contribution is -0.274. The number of hydrogen-bond donors (Lipinski definition) is 2. The summed E-state index contributed by atoms with van der Waals surface area (Å²) >= 11 is 2.82. The third-order valence-corrected chi connectivity index (χ3v) is 1.97. The Morgan fingerprint density at radius 3 is 2.43 bits per heavy atom. The first-order valence-corrected chi connectivity index (χ1v) is 4.13. The minimum absolute atomic E-state index is 0.0186. The summed E-state index contributed by atoms with van der Waals surface area (Å²) in [7, 11) is 0. The van der Waals surface area contributed by atoms with E-state index in [4.69, 9.17) is 10.8 Å². The summed E-state index contributed by atoms with van der Waals surface area (Å²) in [4.78, 5) is 0. The van der Waals surface area contributed by atoms with E-state index in [2.05, 4.69) is 20.7 Å². The van der Waals surface area contributed by atoms with Gasteiger partial charge in [0.1, 0.15) is 11.4 Å². The number of aromatic hydroxyl groups is 1. The van der Waals surface area contributed by atoms with E-state index >= 15 is 0 Å². The maximum Gasteiger partial charge on any atom is 0.573 e. The Balaban J connectivity index is 3.13. The minimum Gasteiger partial charge on any atom is -0.506 e. The fourth-order valence-corrected chi connectivity index (χ4v) is 1.21. The average molecular weight is 272 g/mol. The molecule has 0 aliphatic heterocycles. The van der Waals surface area contributed by atoms with Gasteiger partial charge in [-0.15, -0.1) is 13.2 Å². The van der Waals surface area contributed by atoms with Gasteiger partial charge in [-0.2, -0.15) is 0 Å². The van der Waals surface area contributed by atoms with Crippen LogP contribution in [0.4, 0.5) is 18.9 Å². The Bertz CT molecular complexity index is 354. The largest absolute Gasteiger partial charge is 0.573 e. The number of alkyl halides is 3. The van der Waals surface area contributed by atoms with Crippen molar-refractivity contribution in [3.8, 4) is 11.5 Å². The molecule has 0 radical (unpaired) electrons. The van der Waals surface area contributed by atoms with Gasteiger partial charge in [0, 0.05) is 0 Å². The van der Waals surface area contributed by atoms with Crippen molar-refractivity contribution in [2.45, 2.75) is 6.36 Å². The molecule has 0 atom stereocenters. The van der Waals surface area contributed by atoms with E-state index in [0.29, 0.717) is 0 Å². The van der Waals surface area contributed by atoms with E-state index in [1.807, 2.05) is 0 Å². The molecular formula is C7H5BrF3NO2. The molecule has 14 heavy (non-hydrogen) atoms. The number of anilines is 1. The van der Waals surface area contributed by atoms with Crippen LogP contribution in [0.15, 0.2) is 16.6 Å². The standard InChI is InChI=1S/C7H5BrF3NO2/c8-3-1-2-4(13)5(12)6(3)14-7(9,10)11/h1-2,13H,12H2. The zero-order chi connectivity index (χ0) is 10.9. The predicted octanol–water partition coefficient (Wildman–Crippen LogP) is 2.64. The van der Waals surface area contributed by atoms with E-state index in [1.54, 1.807) is 0 Å². The van der Waals surface area contributed by atoms with Crippen molar-refractivity contribution < 1.29 is 23.0 Å². The Morgan fingerprint density at radius 1 is 1.36 bits per heavy atom. The van der Waals surface area contributed by atoms with Crippen molar-refractivity contribution in [3.63, 3.8) is 0 Å². The average Bonchev–Trinajstić information content (AvgIpc) is 2.04. The Hall–Kier alpha value is -1.11. The SMILES string of the molecule is Nc1c(O)ccc(Br)c1OC(F)(F)F. The quantitative estimate of drug-likeness (QED) is 0.610. The molecule has 0 aromatic heterocycles. The fraction of sp³-hybridized carbons (Fsp3) is 0.143. The zero-order valence-electron chi connectivity index (χ0n) is 6.60. The van der Waals surface area contributed by atoms with E-state index < -0.39 is 23.5 Å². The normalized spacial score (nSPS) is 11.4. The number of halogens is 4. The number of nitrogens with two attached hydrogens (primary N) is 1. The van der Waals surface area contributed by atoms with E-state index in [0.717, 1.165) is 6.07 Å². The highest BCUT2D eigenvalue weighted by molar-refractivity contribution is 9.10. The summed E-state index contributed by atoms with van der Waals surface area (Å²) in [5.41, 5.74) is 4.72. The third kappa shape index (κ3) is 2.44. The predicted molar refractivity (Wildman–Crippen MR) is 46.9 cm³/mol. The van der Waals surface area contributed by atoms with Crippen LogP contribution in [0.3, 0.4) is 0 Å². The molecule has 0 aliphatic rings. The van der Waals surface area contributed by atoms with Crippen LogP contribution in [0.2, 0.25) is 0 Å². The summed E-state index contributed by atoms with van der Waals surface area (Å²) in [6, 6.07) is 2.36. The Kier molecular flexibility index (Phi) is 2.79. The van der Waals surface area contributed by atoms with Gasteiger partial charge in [0.15, 0.2) is 5.75 Å². The maximum absolute atomic E-state index is 11.9. The first-order chi connectivity index (χ1) is 6.31. The van der Waals surface area contributed by atoms with Gasteiger partial charge < -0.3 is 15.6 Å². The molecule has 3 N–H and O–H groups in total. The highest BCUT2D eigenvalue weighted by Gasteiger charge is 2.33. The first-order valence-electron chi connectivity index (χ1n) is 3.34. The monoisotopic (exact) mass is 271 g/mol. The molecule has 0 saturated carbocycles. The van der Waals surface area contributed by atoms with Gasteiger partial charge >= 0.3 is 6.36 Å². The van der Waals surface area contributed by atoms with Crippen molar-refractivity contribution in [3.05, 3.63) is 16.6 Å². The van der Waals surface area contributed by atoms with Crippen LogP contribution in [0.25, 0.3) is 0 Å². The summed E-state index contributed by atoms with van der Waals surface area (Å²) < 4.78 is 39.2. The molecule has 0 fully saturated rings. The minimum atomic E-state index is -4.84. The van der Waals surface area contributed by atoms with Gasteiger partial charge in [0.05, 0.1) is 4.47 Å². The van der Waals surface area contributed by atoms with Crippen molar-refractivity contribution in [1.29, 1.82) is 0 Å².